The van der Waals surface area contributed by atoms with E-state index in [-0.39, 0.29) is 6.04 Å². The number of thiazole rings is 1. The zero-order valence-corrected chi connectivity index (χ0v) is 11.0. The maximum atomic E-state index is 13.1. The van der Waals surface area contributed by atoms with Gasteiger partial charge in [0, 0.05) is 24.0 Å². The molecular weight excluding hydrogens is 254 g/mol. The zero-order chi connectivity index (χ0) is 13.1. The molecule has 0 radical (unpaired) electrons. The van der Waals surface area contributed by atoms with Gasteiger partial charge in [-0.2, -0.15) is 0 Å². The summed E-state index contributed by atoms with van der Waals surface area (Å²) < 4.78 is 26.2. The van der Waals surface area contributed by atoms with E-state index in [2.05, 4.69) is 10.3 Å². The third-order valence-electron chi connectivity index (χ3n) is 2.64. The van der Waals surface area contributed by atoms with Crippen molar-refractivity contribution in [3.05, 3.63) is 51.5 Å². The average Bonchev–Trinajstić information content (AvgIpc) is 2.70. The predicted molar refractivity (Wildman–Crippen MR) is 68.5 cm³/mol. The molecule has 2 nitrogen and oxygen atoms in total. The summed E-state index contributed by atoms with van der Waals surface area (Å²) in [5.74, 6) is -1.11. The smallest absolute Gasteiger partial charge is 0.126 e. The van der Waals surface area contributed by atoms with Crippen LogP contribution in [0.4, 0.5) is 8.78 Å². The minimum absolute atomic E-state index is 0.128. The molecule has 2 rings (SSSR count). The first-order chi connectivity index (χ1) is 8.54. The van der Waals surface area contributed by atoms with Gasteiger partial charge in [-0.1, -0.05) is 0 Å². The third kappa shape index (κ3) is 3.34. The molecule has 0 saturated carbocycles. The largest absolute Gasteiger partial charge is 0.305 e. The molecule has 0 bridgehead atoms. The van der Waals surface area contributed by atoms with E-state index in [1.54, 1.807) is 11.3 Å². The van der Waals surface area contributed by atoms with Crippen LogP contribution in [0.2, 0.25) is 0 Å². The van der Waals surface area contributed by atoms with Crippen LogP contribution in [0.15, 0.2) is 23.6 Å². The molecule has 0 aliphatic heterocycles. The molecule has 0 saturated heterocycles. The molecule has 0 aliphatic carbocycles. The lowest BCUT2D eigenvalue weighted by atomic mass is 10.1. The van der Waals surface area contributed by atoms with E-state index in [4.69, 9.17) is 0 Å². The van der Waals surface area contributed by atoms with Crippen molar-refractivity contribution in [3.8, 4) is 0 Å². The van der Waals surface area contributed by atoms with E-state index >= 15 is 0 Å². The van der Waals surface area contributed by atoms with Crippen LogP contribution >= 0.6 is 11.3 Å². The summed E-state index contributed by atoms with van der Waals surface area (Å²) in [6.07, 6.45) is 0. The molecule has 96 valence electrons. The van der Waals surface area contributed by atoms with Crippen molar-refractivity contribution in [2.45, 2.75) is 26.4 Å². The van der Waals surface area contributed by atoms with Gasteiger partial charge in [-0.05, 0) is 31.5 Å². The van der Waals surface area contributed by atoms with Crippen LogP contribution in [0.3, 0.4) is 0 Å². The Kier molecular flexibility index (Phi) is 4.04. The number of nitrogens with one attached hydrogen (secondary N) is 1. The number of benzene rings is 1. The highest BCUT2D eigenvalue weighted by atomic mass is 32.1. The zero-order valence-electron chi connectivity index (χ0n) is 10.2. The number of aromatic nitrogens is 1. The van der Waals surface area contributed by atoms with E-state index in [1.165, 1.54) is 12.1 Å². The standard InChI is InChI=1S/C13H14F2N2S/c1-8(10-3-11(14)5-12(15)4-10)16-6-13-7-18-9(2)17-13/h3-5,7-8,16H,6H2,1-2H3. The molecule has 5 heteroatoms. The third-order valence-corrected chi connectivity index (χ3v) is 3.46. The lowest BCUT2D eigenvalue weighted by molar-refractivity contribution is 0.543. The van der Waals surface area contributed by atoms with E-state index in [0.29, 0.717) is 12.1 Å². The Morgan fingerprint density at radius 2 is 1.94 bits per heavy atom. The molecule has 1 atom stereocenters. The number of aryl methyl sites for hydroxylation is 1. The van der Waals surface area contributed by atoms with Crippen molar-refractivity contribution in [2.75, 3.05) is 0 Å². The molecule has 1 unspecified atom stereocenters. The summed E-state index contributed by atoms with van der Waals surface area (Å²) in [5, 5.41) is 6.18. The lowest BCUT2D eigenvalue weighted by Gasteiger charge is -2.13. The molecule has 0 spiro atoms. The van der Waals surface area contributed by atoms with E-state index < -0.39 is 11.6 Å². The first kappa shape index (κ1) is 13.1. The molecule has 1 aromatic carbocycles. The summed E-state index contributed by atoms with van der Waals surface area (Å²) in [7, 11) is 0. The maximum absolute atomic E-state index is 13.1. The first-order valence-corrected chi connectivity index (χ1v) is 6.53. The number of hydrogen-bond donors (Lipinski definition) is 1. The van der Waals surface area contributed by atoms with Crippen LogP contribution in [-0.2, 0) is 6.54 Å². The van der Waals surface area contributed by atoms with Gasteiger partial charge in [0.05, 0.1) is 10.7 Å². The minimum atomic E-state index is -0.553. The monoisotopic (exact) mass is 268 g/mol. The van der Waals surface area contributed by atoms with Crippen molar-refractivity contribution < 1.29 is 8.78 Å². The van der Waals surface area contributed by atoms with Gasteiger partial charge in [-0.3, -0.25) is 0 Å². The molecule has 0 aliphatic rings. The Hall–Kier alpha value is -1.33. The van der Waals surface area contributed by atoms with E-state index in [1.807, 2.05) is 19.2 Å². The Labute approximate surface area is 109 Å². The van der Waals surface area contributed by atoms with E-state index in [0.717, 1.165) is 16.8 Å². The van der Waals surface area contributed by atoms with Crippen LogP contribution < -0.4 is 5.32 Å². The summed E-state index contributed by atoms with van der Waals surface area (Å²) in [6.45, 7) is 4.40. The molecule has 18 heavy (non-hydrogen) atoms. The molecule has 1 heterocycles. The number of rotatable bonds is 4. The second-order valence-electron chi connectivity index (χ2n) is 4.16. The fraction of sp³-hybridized carbons (Fsp3) is 0.308. The summed E-state index contributed by atoms with van der Waals surface area (Å²) >= 11 is 1.59. The van der Waals surface area contributed by atoms with Crippen molar-refractivity contribution >= 4 is 11.3 Å². The topological polar surface area (TPSA) is 24.9 Å². The van der Waals surface area contributed by atoms with E-state index in [9.17, 15) is 8.78 Å². The van der Waals surface area contributed by atoms with Crippen LogP contribution in [0.25, 0.3) is 0 Å². The Balaban J connectivity index is 2.01. The van der Waals surface area contributed by atoms with Gasteiger partial charge in [-0.25, -0.2) is 13.8 Å². The van der Waals surface area contributed by atoms with Crippen LogP contribution in [0.1, 0.15) is 29.2 Å². The van der Waals surface area contributed by atoms with Gasteiger partial charge in [-0.15, -0.1) is 11.3 Å². The summed E-state index contributed by atoms with van der Waals surface area (Å²) in [4.78, 5) is 4.32. The fourth-order valence-corrected chi connectivity index (χ4v) is 2.30. The van der Waals surface area contributed by atoms with Gasteiger partial charge in [0.2, 0.25) is 0 Å². The molecule has 2 aromatic rings. The van der Waals surface area contributed by atoms with Gasteiger partial charge >= 0.3 is 0 Å². The summed E-state index contributed by atoms with van der Waals surface area (Å²) in [6, 6.07) is 3.43. The Morgan fingerprint density at radius 1 is 1.28 bits per heavy atom. The van der Waals surface area contributed by atoms with Gasteiger partial charge < -0.3 is 5.32 Å². The normalized spacial score (nSPS) is 12.7. The van der Waals surface area contributed by atoms with Gasteiger partial charge in [0.1, 0.15) is 11.6 Å². The van der Waals surface area contributed by atoms with Crippen LogP contribution in [0.5, 0.6) is 0 Å². The fourth-order valence-electron chi connectivity index (χ4n) is 1.69. The predicted octanol–water partition coefficient (Wildman–Crippen LogP) is 3.58. The number of hydrogen-bond acceptors (Lipinski definition) is 3. The Morgan fingerprint density at radius 3 is 2.50 bits per heavy atom. The molecular formula is C13H14F2N2S. The van der Waals surface area contributed by atoms with Crippen LogP contribution in [0, 0.1) is 18.6 Å². The lowest BCUT2D eigenvalue weighted by Crippen LogP contribution is -2.18. The second-order valence-corrected chi connectivity index (χ2v) is 5.23. The second kappa shape index (κ2) is 5.54. The average molecular weight is 268 g/mol. The highest BCUT2D eigenvalue weighted by Gasteiger charge is 2.09. The maximum Gasteiger partial charge on any atom is 0.126 e. The summed E-state index contributed by atoms with van der Waals surface area (Å²) in [5.41, 5.74) is 1.54. The highest BCUT2D eigenvalue weighted by Crippen LogP contribution is 2.17. The molecule has 0 amide bonds. The highest BCUT2D eigenvalue weighted by molar-refractivity contribution is 7.09. The molecule has 1 N–H and O–H groups in total. The van der Waals surface area contributed by atoms with Crippen LogP contribution in [-0.4, -0.2) is 4.98 Å². The Bertz CT molecular complexity index is 519. The van der Waals surface area contributed by atoms with Gasteiger partial charge in [0.25, 0.3) is 0 Å². The number of nitrogens with zero attached hydrogens (tertiary/aromatic N) is 1. The van der Waals surface area contributed by atoms with Crippen molar-refractivity contribution in [1.82, 2.24) is 10.3 Å². The molecule has 1 aromatic heterocycles. The van der Waals surface area contributed by atoms with Crippen molar-refractivity contribution in [3.63, 3.8) is 0 Å². The van der Waals surface area contributed by atoms with Crippen molar-refractivity contribution in [2.24, 2.45) is 0 Å². The first-order valence-electron chi connectivity index (χ1n) is 5.65. The minimum Gasteiger partial charge on any atom is -0.305 e. The SMILES string of the molecule is Cc1nc(CNC(C)c2cc(F)cc(F)c2)cs1. The number of halogens is 2. The van der Waals surface area contributed by atoms with Crippen molar-refractivity contribution in [1.29, 1.82) is 0 Å². The van der Waals surface area contributed by atoms with Gasteiger partial charge in [0.15, 0.2) is 0 Å². The quantitative estimate of drug-likeness (QED) is 0.916. The molecule has 0 fully saturated rings.